The maximum atomic E-state index is 10.9. The molecule has 0 amide bonds. The summed E-state index contributed by atoms with van der Waals surface area (Å²) in [5.74, 6) is 0.463. The lowest BCUT2D eigenvalue weighted by Crippen LogP contribution is -1.94. The number of benzene rings is 2. The van der Waals surface area contributed by atoms with E-state index in [-0.39, 0.29) is 5.69 Å². The van der Waals surface area contributed by atoms with Crippen LogP contribution in [0.3, 0.4) is 0 Å². The molecule has 0 atom stereocenters. The zero-order valence-electron chi connectivity index (χ0n) is 12.9. The molecule has 4 aromatic rings. The number of non-ortho nitro benzene ring substituents is 1. The number of nitrogens with zero attached hydrogens (tertiary/aromatic N) is 2. The average Bonchev–Trinajstić information content (AvgIpc) is 3.16. The van der Waals surface area contributed by atoms with Gasteiger partial charge in [0.05, 0.1) is 23.1 Å². The molecule has 3 heterocycles. The Morgan fingerprint density at radius 3 is 2.50 bits per heavy atom. The number of halogens is 1. The molecule has 24 heavy (non-hydrogen) atoms. The summed E-state index contributed by atoms with van der Waals surface area (Å²) in [4.78, 5) is 14.6. The first kappa shape index (κ1) is 16.0. The topological polar surface area (TPSA) is 78.4 Å². The van der Waals surface area contributed by atoms with Crippen molar-refractivity contribution in [1.29, 1.82) is 0 Å². The molecule has 0 aliphatic carbocycles. The van der Waals surface area contributed by atoms with Gasteiger partial charge in [-0.05, 0) is 31.2 Å². The third kappa shape index (κ3) is 3.09. The molecule has 0 saturated carbocycles. The molecule has 1 aromatic carbocycles. The number of aryl methyl sites for hydroxylation is 1. The second kappa shape index (κ2) is 6.33. The van der Waals surface area contributed by atoms with E-state index in [2.05, 4.69) is 4.98 Å². The minimum Gasteiger partial charge on any atom is -0.496 e. The quantitative estimate of drug-likeness (QED) is 0.378. The van der Waals surface area contributed by atoms with E-state index in [0.717, 1.165) is 16.9 Å². The number of nitro groups is 1. The lowest BCUT2D eigenvalue weighted by atomic mass is 10.1. The second-order valence-electron chi connectivity index (χ2n) is 5.12. The number of aromatic nitrogens is 1. The van der Waals surface area contributed by atoms with Gasteiger partial charge in [-0.1, -0.05) is 17.7 Å². The van der Waals surface area contributed by atoms with Gasteiger partial charge < -0.3 is 9.15 Å². The molecule has 0 spiro atoms. The van der Waals surface area contributed by atoms with E-state index in [1.165, 1.54) is 13.2 Å². The third-order valence-electron chi connectivity index (χ3n) is 3.45. The second-order valence-corrected chi connectivity index (χ2v) is 5.53. The summed E-state index contributed by atoms with van der Waals surface area (Å²) in [6.45, 7) is 1.80. The van der Waals surface area contributed by atoms with Crippen LogP contribution in [-0.4, -0.2) is 17.0 Å². The van der Waals surface area contributed by atoms with Crippen molar-refractivity contribution in [3.8, 4) is 5.75 Å². The Kier molecular flexibility index (Phi) is 4.22. The van der Waals surface area contributed by atoms with Crippen molar-refractivity contribution in [3.63, 3.8) is 0 Å². The van der Waals surface area contributed by atoms with Gasteiger partial charge >= 0.3 is 0 Å². The minimum absolute atomic E-state index is 0.0296. The molecule has 7 heteroatoms. The molecule has 0 aliphatic rings. The Labute approximate surface area is 142 Å². The van der Waals surface area contributed by atoms with E-state index in [0.29, 0.717) is 21.7 Å². The number of hydrogen-bond donors (Lipinski definition) is 0. The van der Waals surface area contributed by atoms with Crippen molar-refractivity contribution in [2.45, 2.75) is 6.92 Å². The lowest BCUT2D eigenvalue weighted by Gasteiger charge is -2.04. The van der Waals surface area contributed by atoms with Crippen LogP contribution in [0.25, 0.3) is 22.1 Å². The van der Waals surface area contributed by atoms with Crippen LogP contribution in [0.4, 0.5) is 5.69 Å². The van der Waals surface area contributed by atoms with E-state index in [9.17, 15) is 10.1 Å². The zero-order valence-corrected chi connectivity index (χ0v) is 13.7. The predicted molar refractivity (Wildman–Crippen MR) is 92.1 cm³/mol. The van der Waals surface area contributed by atoms with Crippen LogP contribution >= 0.6 is 11.6 Å². The van der Waals surface area contributed by atoms with Gasteiger partial charge in [-0.2, -0.15) is 0 Å². The number of rotatable bonds is 2. The van der Waals surface area contributed by atoms with E-state index in [1.807, 2.05) is 18.2 Å². The first-order valence-electron chi connectivity index (χ1n) is 7.05. The van der Waals surface area contributed by atoms with Crippen molar-refractivity contribution < 1.29 is 14.1 Å². The number of pyridine rings is 1. The molecule has 0 aliphatic heterocycles. The Bertz CT molecular complexity index is 1010. The Morgan fingerprint density at radius 2 is 2.00 bits per heavy atom. The van der Waals surface area contributed by atoms with Gasteiger partial charge in [0.25, 0.3) is 5.69 Å². The van der Waals surface area contributed by atoms with Gasteiger partial charge in [-0.25, -0.2) is 4.98 Å². The van der Waals surface area contributed by atoms with Crippen LogP contribution in [-0.2, 0) is 0 Å². The standard InChI is InChI=1S/C11H10N2O3.C6H3ClO/c1-7-3-4-8-5-9(16-2)6-10(13(14)15)11(8)12-7;7-5-3-4-1-2-6(5)8-4/h3-6H,1-2H3;1-3H. The van der Waals surface area contributed by atoms with E-state index >= 15 is 0 Å². The number of nitro benzene ring substituents is 1. The molecule has 122 valence electrons. The number of furan rings is 2. The highest BCUT2D eigenvalue weighted by molar-refractivity contribution is 6.34. The smallest absolute Gasteiger partial charge is 0.299 e. The average molecular weight is 345 g/mol. The van der Waals surface area contributed by atoms with Gasteiger partial charge in [-0.15, -0.1) is 0 Å². The maximum absolute atomic E-state index is 10.9. The summed E-state index contributed by atoms with van der Waals surface area (Å²) >= 11 is 5.64. The lowest BCUT2D eigenvalue weighted by molar-refractivity contribution is -0.383. The summed E-state index contributed by atoms with van der Waals surface area (Å²) in [6, 6.07) is 12.3. The third-order valence-corrected chi connectivity index (χ3v) is 3.74. The van der Waals surface area contributed by atoms with Crippen molar-refractivity contribution in [2.24, 2.45) is 0 Å². The zero-order chi connectivity index (χ0) is 17.3. The van der Waals surface area contributed by atoms with Gasteiger partial charge in [-0.3, -0.25) is 10.1 Å². The van der Waals surface area contributed by atoms with Gasteiger partial charge in [0.2, 0.25) is 0 Å². The molecule has 0 fully saturated rings. The molecule has 2 bridgehead atoms. The molecule has 0 radical (unpaired) electrons. The maximum Gasteiger partial charge on any atom is 0.299 e. The highest BCUT2D eigenvalue weighted by atomic mass is 35.5. The summed E-state index contributed by atoms with van der Waals surface area (Å²) in [7, 11) is 1.48. The van der Waals surface area contributed by atoms with Gasteiger partial charge in [0.1, 0.15) is 22.4 Å². The van der Waals surface area contributed by atoms with Crippen molar-refractivity contribution >= 4 is 39.4 Å². The van der Waals surface area contributed by atoms with Crippen LogP contribution in [0.15, 0.2) is 46.9 Å². The van der Waals surface area contributed by atoms with Crippen molar-refractivity contribution in [1.82, 2.24) is 4.98 Å². The number of hydrogen-bond acceptors (Lipinski definition) is 5. The van der Waals surface area contributed by atoms with Crippen LogP contribution in [0.5, 0.6) is 5.75 Å². The fourth-order valence-electron chi connectivity index (χ4n) is 2.30. The Morgan fingerprint density at radius 1 is 1.21 bits per heavy atom. The molecule has 4 rings (SSSR count). The van der Waals surface area contributed by atoms with Crippen molar-refractivity contribution in [3.05, 3.63) is 63.3 Å². The minimum atomic E-state index is -0.447. The highest BCUT2D eigenvalue weighted by Crippen LogP contribution is 2.29. The molecule has 6 nitrogen and oxygen atoms in total. The number of ether oxygens (including phenoxy) is 1. The Hall–Kier alpha value is -2.86. The van der Waals surface area contributed by atoms with E-state index in [4.69, 9.17) is 20.8 Å². The van der Waals surface area contributed by atoms with E-state index < -0.39 is 4.92 Å². The van der Waals surface area contributed by atoms with Crippen molar-refractivity contribution in [2.75, 3.05) is 7.11 Å². The van der Waals surface area contributed by atoms with E-state index in [1.54, 1.807) is 25.1 Å². The summed E-state index contributed by atoms with van der Waals surface area (Å²) in [5, 5.41) is 12.3. The molecule has 0 N–H and O–H groups in total. The highest BCUT2D eigenvalue weighted by Gasteiger charge is 2.15. The first-order chi connectivity index (χ1) is 11.5. The predicted octanol–water partition coefficient (Wildman–Crippen LogP) is 4.98. The molecule has 3 aromatic heterocycles. The molecular weight excluding hydrogens is 332 g/mol. The first-order valence-corrected chi connectivity index (χ1v) is 7.43. The number of fused-ring (bicyclic) bond motifs is 3. The van der Waals surface area contributed by atoms with Crippen LogP contribution < -0.4 is 4.74 Å². The normalized spacial score (nSPS) is 10.6. The molecule has 0 unspecified atom stereocenters. The SMILES string of the molecule is COc1cc([N+](=O)[O-])c2nc(C)ccc2c1.Clc1cc2ccc1o2. The summed E-state index contributed by atoms with van der Waals surface area (Å²) < 4.78 is 10.1. The Balaban J connectivity index is 0.000000175. The fraction of sp³-hybridized carbons (Fsp3) is 0.118. The monoisotopic (exact) mass is 344 g/mol. The summed E-state index contributed by atoms with van der Waals surface area (Å²) in [5.41, 5.74) is 2.75. The molecular formula is C17H13ClN2O4. The number of methoxy groups -OCH3 is 1. The fourth-order valence-corrected chi connectivity index (χ4v) is 2.51. The van der Waals surface area contributed by atoms with Gasteiger partial charge in [0.15, 0.2) is 0 Å². The van der Waals surface area contributed by atoms with Crippen LogP contribution in [0, 0.1) is 17.0 Å². The largest absolute Gasteiger partial charge is 0.496 e. The van der Waals surface area contributed by atoms with Crippen LogP contribution in [0.1, 0.15) is 5.69 Å². The van der Waals surface area contributed by atoms with Crippen LogP contribution in [0.2, 0.25) is 5.02 Å². The van der Waals surface area contributed by atoms with Gasteiger partial charge in [0, 0.05) is 17.1 Å². The summed E-state index contributed by atoms with van der Waals surface area (Å²) in [6.07, 6.45) is 0. The molecule has 0 saturated heterocycles.